The molecule has 0 atom stereocenters. The van der Waals surface area contributed by atoms with Gasteiger partial charge in [0.05, 0.1) is 11.0 Å². The van der Waals surface area contributed by atoms with Crippen molar-refractivity contribution in [1.29, 1.82) is 0 Å². The quantitative estimate of drug-likeness (QED) is 0.710. The zero-order valence-electron chi connectivity index (χ0n) is 17.1. The Morgan fingerprint density at radius 2 is 1.96 bits per heavy atom. The van der Waals surface area contributed by atoms with Crippen molar-refractivity contribution >= 4 is 22.8 Å². The van der Waals surface area contributed by atoms with Gasteiger partial charge in [-0.05, 0) is 31.4 Å². The molecule has 0 aliphatic heterocycles. The molecule has 3 rings (SSSR count). The van der Waals surface area contributed by atoms with Gasteiger partial charge in [0.25, 0.3) is 0 Å². The van der Waals surface area contributed by atoms with Crippen LogP contribution >= 0.6 is 0 Å². The van der Waals surface area contributed by atoms with Crippen LogP contribution in [-0.4, -0.2) is 45.9 Å². The number of likely N-dealkylation sites (N-methyl/N-ethyl adjacent to an activating group) is 1. The molecule has 0 bridgehead atoms. The fraction of sp³-hybridized carbons (Fsp3) is 0.591. The number of hydrogen-bond donors (Lipinski definition) is 1. The van der Waals surface area contributed by atoms with E-state index in [1.807, 2.05) is 43.1 Å². The first-order valence-corrected chi connectivity index (χ1v) is 10.6. The number of nitrogens with one attached hydrogen (secondary N) is 1. The number of rotatable bonds is 8. The van der Waals surface area contributed by atoms with Crippen LogP contribution in [0.4, 0.5) is 0 Å². The molecule has 6 nitrogen and oxygen atoms in total. The second kappa shape index (κ2) is 9.71. The average molecular weight is 385 g/mol. The number of benzene rings is 1. The molecule has 1 fully saturated rings. The standard InChI is InChI=1S/C22H32N4O2/c1-3-21(27)23-15-9-14-20-24-18-12-7-8-13-19(18)26(20)16-22(28)25(2)17-10-5-4-6-11-17/h7-8,12-13,17H,3-6,9-11,14-16H2,1-2H3,(H,23,27). The summed E-state index contributed by atoms with van der Waals surface area (Å²) >= 11 is 0. The molecule has 6 heteroatoms. The van der Waals surface area contributed by atoms with Crippen molar-refractivity contribution in [3.05, 3.63) is 30.1 Å². The third kappa shape index (κ3) is 4.91. The van der Waals surface area contributed by atoms with Crippen molar-refractivity contribution in [2.75, 3.05) is 13.6 Å². The first-order chi connectivity index (χ1) is 13.6. The lowest BCUT2D eigenvalue weighted by atomic mass is 9.94. The summed E-state index contributed by atoms with van der Waals surface area (Å²) in [6.45, 7) is 2.80. The van der Waals surface area contributed by atoms with Gasteiger partial charge in [-0.2, -0.15) is 0 Å². The number of aryl methyl sites for hydroxylation is 1. The Labute approximate surface area is 167 Å². The lowest BCUT2D eigenvalue weighted by Crippen LogP contribution is -2.40. The van der Waals surface area contributed by atoms with E-state index in [2.05, 4.69) is 9.88 Å². The molecular weight excluding hydrogens is 352 g/mol. The van der Waals surface area contributed by atoms with E-state index >= 15 is 0 Å². The predicted molar refractivity (Wildman–Crippen MR) is 111 cm³/mol. The first kappa shape index (κ1) is 20.4. The van der Waals surface area contributed by atoms with E-state index < -0.39 is 0 Å². The molecule has 1 saturated carbocycles. The summed E-state index contributed by atoms with van der Waals surface area (Å²) in [5.74, 6) is 1.13. The molecule has 2 aromatic rings. The normalized spacial score (nSPS) is 14.9. The highest BCUT2D eigenvalue weighted by Gasteiger charge is 2.23. The Morgan fingerprint density at radius 1 is 1.21 bits per heavy atom. The van der Waals surface area contributed by atoms with E-state index in [0.29, 0.717) is 25.6 Å². The van der Waals surface area contributed by atoms with Crippen LogP contribution in [-0.2, 0) is 22.6 Å². The van der Waals surface area contributed by atoms with E-state index in [1.165, 1.54) is 19.3 Å². The molecule has 0 radical (unpaired) electrons. The van der Waals surface area contributed by atoms with Crippen LogP contribution in [0.5, 0.6) is 0 Å². The number of fused-ring (bicyclic) bond motifs is 1. The molecule has 1 heterocycles. The number of carbonyl (C=O) groups is 2. The van der Waals surface area contributed by atoms with Gasteiger partial charge in [0.2, 0.25) is 11.8 Å². The van der Waals surface area contributed by atoms with Crippen LogP contribution < -0.4 is 5.32 Å². The van der Waals surface area contributed by atoms with Crippen LogP contribution in [0.1, 0.15) is 57.7 Å². The summed E-state index contributed by atoms with van der Waals surface area (Å²) in [5, 5.41) is 2.91. The summed E-state index contributed by atoms with van der Waals surface area (Å²) in [6, 6.07) is 8.34. The minimum absolute atomic E-state index is 0.0674. The van der Waals surface area contributed by atoms with Crippen LogP contribution in [0, 0.1) is 0 Å². The molecule has 0 spiro atoms. The van der Waals surface area contributed by atoms with Gasteiger partial charge in [0, 0.05) is 32.5 Å². The number of para-hydroxylation sites is 2. The summed E-state index contributed by atoms with van der Waals surface area (Å²) in [7, 11) is 1.94. The maximum Gasteiger partial charge on any atom is 0.242 e. The summed E-state index contributed by atoms with van der Waals surface area (Å²) < 4.78 is 2.05. The van der Waals surface area contributed by atoms with Gasteiger partial charge >= 0.3 is 0 Å². The van der Waals surface area contributed by atoms with Crippen molar-refractivity contribution in [3.8, 4) is 0 Å². The molecular formula is C22H32N4O2. The first-order valence-electron chi connectivity index (χ1n) is 10.6. The predicted octanol–water partition coefficient (Wildman–Crippen LogP) is 3.29. The second-order valence-electron chi connectivity index (χ2n) is 7.71. The van der Waals surface area contributed by atoms with Crippen LogP contribution in [0.25, 0.3) is 11.0 Å². The van der Waals surface area contributed by atoms with Gasteiger partial charge in [-0.15, -0.1) is 0 Å². The third-order valence-electron chi connectivity index (χ3n) is 5.76. The van der Waals surface area contributed by atoms with Crippen LogP contribution in [0.15, 0.2) is 24.3 Å². The van der Waals surface area contributed by atoms with Gasteiger partial charge in [-0.3, -0.25) is 9.59 Å². The third-order valence-corrected chi connectivity index (χ3v) is 5.76. The number of amides is 2. The second-order valence-corrected chi connectivity index (χ2v) is 7.71. The lowest BCUT2D eigenvalue weighted by molar-refractivity contribution is -0.133. The van der Waals surface area contributed by atoms with Gasteiger partial charge in [0.15, 0.2) is 0 Å². The zero-order chi connectivity index (χ0) is 19.9. The number of carbonyl (C=O) groups excluding carboxylic acids is 2. The molecule has 28 heavy (non-hydrogen) atoms. The Bertz CT molecular complexity index is 808. The summed E-state index contributed by atoms with van der Waals surface area (Å²) in [4.78, 5) is 31.1. The minimum atomic E-state index is 0.0674. The van der Waals surface area contributed by atoms with E-state index in [-0.39, 0.29) is 11.8 Å². The van der Waals surface area contributed by atoms with Gasteiger partial charge in [-0.1, -0.05) is 38.3 Å². The van der Waals surface area contributed by atoms with E-state index in [4.69, 9.17) is 4.98 Å². The molecule has 1 aromatic heterocycles. The monoisotopic (exact) mass is 384 g/mol. The van der Waals surface area contributed by atoms with Crippen LogP contribution in [0.3, 0.4) is 0 Å². The highest BCUT2D eigenvalue weighted by Crippen LogP contribution is 2.23. The van der Waals surface area contributed by atoms with Crippen molar-refractivity contribution in [2.45, 2.75) is 70.9 Å². The maximum absolute atomic E-state index is 13.0. The highest BCUT2D eigenvalue weighted by atomic mass is 16.2. The minimum Gasteiger partial charge on any atom is -0.356 e. The van der Waals surface area contributed by atoms with E-state index in [0.717, 1.165) is 42.5 Å². The topological polar surface area (TPSA) is 67.2 Å². The number of aromatic nitrogens is 2. The Morgan fingerprint density at radius 3 is 2.71 bits per heavy atom. The van der Waals surface area contributed by atoms with Crippen molar-refractivity contribution in [3.63, 3.8) is 0 Å². The molecule has 1 aliphatic rings. The molecule has 1 aliphatic carbocycles. The number of imidazole rings is 1. The average Bonchev–Trinajstić information content (AvgIpc) is 3.08. The SMILES string of the molecule is CCC(=O)NCCCc1nc2ccccc2n1CC(=O)N(C)C1CCCCC1. The van der Waals surface area contributed by atoms with Gasteiger partial charge in [0.1, 0.15) is 12.4 Å². The number of nitrogens with zero attached hydrogens (tertiary/aromatic N) is 3. The van der Waals surface area contributed by atoms with Crippen LogP contribution in [0.2, 0.25) is 0 Å². The van der Waals surface area contributed by atoms with E-state index in [9.17, 15) is 9.59 Å². The van der Waals surface area contributed by atoms with Crippen molar-refractivity contribution in [2.24, 2.45) is 0 Å². The maximum atomic E-state index is 13.0. The fourth-order valence-electron chi connectivity index (χ4n) is 4.01. The molecule has 0 unspecified atom stereocenters. The smallest absolute Gasteiger partial charge is 0.242 e. The Hall–Kier alpha value is -2.37. The highest BCUT2D eigenvalue weighted by molar-refractivity contribution is 5.81. The van der Waals surface area contributed by atoms with Gasteiger partial charge in [-0.25, -0.2) is 4.98 Å². The molecule has 1 aromatic carbocycles. The zero-order valence-corrected chi connectivity index (χ0v) is 17.1. The summed E-state index contributed by atoms with van der Waals surface area (Å²) in [6.07, 6.45) is 7.97. The van der Waals surface area contributed by atoms with Crippen molar-refractivity contribution < 1.29 is 9.59 Å². The number of hydrogen-bond acceptors (Lipinski definition) is 3. The Kier molecular flexibility index (Phi) is 7.06. The van der Waals surface area contributed by atoms with Gasteiger partial charge < -0.3 is 14.8 Å². The molecule has 1 N–H and O–H groups in total. The molecule has 0 saturated heterocycles. The molecule has 2 amide bonds. The van der Waals surface area contributed by atoms with E-state index in [1.54, 1.807) is 0 Å². The Balaban J connectivity index is 1.71. The fourth-order valence-corrected chi connectivity index (χ4v) is 4.01. The van der Waals surface area contributed by atoms with Crippen molar-refractivity contribution in [1.82, 2.24) is 19.8 Å². The lowest BCUT2D eigenvalue weighted by Gasteiger charge is -2.31. The molecule has 152 valence electrons. The largest absolute Gasteiger partial charge is 0.356 e. The summed E-state index contributed by atoms with van der Waals surface area (Å²) in [5.41, 5.74) is 1.92.